The van der Waals surface area contributed by atoms with Crippen molar-refractivity contribution in [3.05, 3.63) is 52.3 Å². The van der Waals surface area contributed by atoms with E-state index in [1.54, 1.807) is 32.3 Å². The molecule has 1 aromatic heterocycles. The number of benzene rings is 1. The zero-order valence-electron chi connectivity index (χ0n) is 11.2. The Balaban J connectivity index is 2.02. The van der Waals surface area contributed by atoms with Crippen LogP contribution >= 0.6 is 15.9 Å². The number of rotatable bonds is 4. The van der Waals surface area contributed by atoms with Crippen LogP contribution in [0.4, 0.5) is 0 Å². The van der Waals surface area contributed by atoms with Crippen LogP contribution in [-0.2, 0) is 17.4 Å². The second kappa shape index (κ2) is 5.76. The maximum atomic E-state index is 11.8. The smallest absolute Gasteiger partial charge is 0.341 e. The van der Waals surface area contributed by atoms with Gasteiger partial charge in [-0.2, -0.15) is 5.10 Å². The average Bonchev–Trinajstić information content (AvgIpc) is 2.83. The van der Waals surface area contributed by atoms with Crippen LogP contribution in [0.2, 0.25) is 0 Å². The van der Waals surface area contributed by atoms with Crippen molar-refractivity contribution in [2.45, 2.75) is 12.5 Å². The van der Waals surface area contributed by atoms with Gasteiger partial charge < -0.3 is 9.84 Å². The van der Waals surface area contributed by atoms with Crippen LogP contribution in [0.3, 0.4) is 0 Å². The summed E-state index contributed by atoms with van der Waals surface area (Å²) in [5, 5.41) is 14.3. The topological polar surface area (TPSA) is 64.3 Å². The number of aromatic nitrogens is 2. The first-order valence-electron chi connectivity index (χ1n) is 6.03. The van der Waals surface area contributed by atoms with Crippen molar-refractivity contribution in [3.8, 4) is 0 Å². The Morgan fingerprint density at radius 3 is 2.65 bits per heavy atom. The molecular formula is C14H15BrN2O3. The van der Waals surface area contributed by atoms with E-state index in [-0.39, 0.29) is 6.61 Å². The van der Waals surface area contributed by atoms with Gasteiger partial charge in [0.05, 0.1) is 11.8 Å². The van der Waals surface area contributed by atoms with Crippen molar-refractivity contribution < 1.29 is 14.6 Å². The lowest BCUT2D eigenvalue weighted by Crippen LogP contribution is -2.29. The molecule has 2 rings (SSSR count). The number of aliphatic hydroxyl groups is 1. The molecule has 1 heterocycles. The second-order valence-electron chi connectivity index (χ2n) is 4.76. The Labute approximate surface area is 125 Å². The first-order valence-corrected chi connectivity index (χ1v) is 6.82. The fraction of sp³-hybridized carbons (Fsp3) is 0.286. The van der Waals surface area contributed by atoms with Gasteiger partial charge in [0.15, 0.2) is 0 Å². The number of hydrogen-bond donors (Lipinski definition) is 1. The van der Waals surface area contributed by atoms with Gasteiger partial charge in [-0.25, -0.2) is 4.79 Å². The molecule has 20 heavy (non-hydrogen) atoms. The van der Waals surface area contributed by atoms with E-state index in [1.165, 1.54) is 10.9 Å². The van der Waals surface area contributed by atoms with E-state index in [0.717, 1.165) is 4.47 Å². The lowest BCUT2D eigenvalue weighted by Gasteiger charge is -2.23. The SMILES string of the molecule is Cn1cc(C(=O)OC[C@@](C)(O)c2ccc(Br)cc2)cn1. The Morgan fingerprint density at radius 2 is 2.10 bits per heavy atom. The summed E-state index contributed by atoms with van der Waals surface area (Å²) < 4.78 is 7.57. The molecule has 1 N–H and O–H groups in total. The molecule has 0 amide bonds. The van der Waals surface area contributed by atoms with Gasteiger partial charge in [-0.15, -0.1) is 0 Å². The van der Waals surface area contributed by atoms with Crippen molar-refractivity contribution in [1.82, 2.24) is 9.78 Å². The molecule has 0 aliphatic rings. The highest BCUT2D eigenvalue weighted by Gasteiger charge is 2.25. The third kappa shape index (κ3) is 3.46. The molecule has 0 bridgehead atoms. The van der Waals surface area contributed by atoms with Gasteiger partial charge >= 0.3 is 5.97 Å². The van der Waals surface area contributed by atoms with Gasteiger partial charge in [-0.1, -0.05) is 28.1 Å². The maximum Gasteiger partial charge on any atom is 0.341 e. The van der Waals surface area contributed by atoms with Crippen LogP contribution < -0.4 is 0 Å². The molecule has 0 fully saturated rings. The molecule has 0 unspecified atom stereocenters. The highest BCUT2D eigenvalue weighted by atomic mass is 79.9. The van der Waals surface area contributed by atoms with Crippen molar-refractivity contribution >= 4 is 21.9 Å². The van der Waals surface area contributed by atoms with Crippen molar-refractivity contribution in [2.24, 2.45) is 7.05 Å². The summed E-state index contributed by atoms with van der Waals surface area (Å²) in [6.07, 6.45) is 2.99. The number of carbonyl (C=O) groups excluding carboxylic acids is 1. The summed E-state index contributed by atoms with van der Waals surface area (Å²) in [5.41, 5.74) is -0.197. The number of hydrogen-bond acceptors (Lipinski definition) is 4. The fourth-order valence-corrected chi connectivity index (χ4v) is 1.97. The first-order chi connectivity index (χ1) is 9.38. The number of carbonyl (C=O) groups is 1. The molecular weight excluding hydrogens is 324 g/mol. The molecule has 106 valence electrons. The zero-order chi connectivity index (χ0) is 14.8. The second-order valence-corrected chi connectivity index (χ2v) is 5.68. The van der Waals surface area contributed by atoms with E-state index in [1.807, 2.05) is 12.1 Å². The third-order valence-electron chi connectivity index (χ3n) is 2.89. The summed E-state index contributed by atoms with van der Waals surface area (Å²) in [5.74, 6) is -0.504. The Hall–Kier alpha value is -1.66. The van der Waals surface area contributed by atoms with Crippen LogP contribution in [0, 0.1) is 0 Å². The highest BCUT2D eigenvalue weighted by molar-refractivity contribution is 9.10. The molecule has 0 radical (unpaired) electrons. The number of aryl methyl sites for hydroxylation is 1. The predicted octanol–water partition coefficient (Wildman–Crippen LogP) is 2.25. The molecule has 6 heteroatoms. The minimum atomic E-state index is -1.24. The highest BCUT2D eigenvalue weighted by Crippen LogP contribution is 2.23. The summed E-state index contributed by atoms with van der Waals surface area (Å²) in [6, 6.07) is 7.21. The van der Waals surface area contributed by atoms with Crippen LogP contribution in [0.15, 0.2) is 41.1 Å². The van der Waals surface area contributed by atoms with Crippen molar-refractivity contribution in [3.63, 3.8) is 0 Å². The van der Waals surface area contributed by atoms with Crippen LogP contribution in [-0.4, -0.2) is 27.5 Å². The molecule has 2 aromatic rings. The summed E-state index contributed by atoms with van der Waals surface area (Å²) in [4.78, 5) is 11.8. The molecule has 0 saturated carbocycles. The van der Waals surface area contributed by atoms with E-state index in [2.05, 4.69) is 21.0 Å². The molecule has 0 spiro atoms. The first kappa shape index (κ1) is 14.7. The average molecular weight is 339 g/mol. The quantitative estimate of drug-likeness (QED) is 0.868. The number of halogens is 1. The van der Waals surface area contributed by atoms with E-state index in [4.69, 9.17) is 4.74 Å². The third-order valence-corrected chi connectivity index (χ3v) is 3.42. The summed E-state index contributed by atoms with van der Waals surface area (Å²) in [6.45, 7) is 1.48. The molecule has 5 nitrogen and oxygen atoms in total. The minimum absolute atomic E-state index is 0.123. The van der Waals surface area contributed by atoms with Gasteiger partial charge in [0.25, 0.3) is 0 Å². The normalized spacial score (nSPS) is 13.8. The van der Waals surface area contributed by atoms with Gasteiger partial charge in [-0.05, 0) is 24.6 Å². The van der Waals surface area contributed by atoms with Gasteiger partial charge in [0, 0.05) is 17.7 Å². The summed E-state index contributed by atoms with van der Waals surface area (Å²) in [7, 11) is 1.72. The summed E-state index contributed by atoms with van der Waals surface area (Å²) >= 11 is 3.33. The monoisotopic (exact) mass is 338 g/mol. The number of ether oxygens (including phenoxy) is 1. The maximum absolute atomic E-state index is 11.8. The Morgan fingerprint density at radius 1 is 1.45 bits per heavy atom. The molecule has 0 saturated heterocycles. The number of nitrogens with zero attached hydrogens (tertiary/aromatic N) is 2. The van der Waals surface area contributed by atoms with Crippen molar-refractivity contribution in [1.29, 1.82) is 0 Å². The molecule has 1 aromatic carbocycles. The van der Waals surface area contributed by atoms with Gasteiger partial charge in [0.2, 0.25) is 0 Å². The Bertz CT molecular complexity index is 605. The van der Waals surface area contributed by atoms with E-state index in [9.17, 15) is 9.90 Å². The van der Waals surface area contributed by atoms with Gasteiger partial charge in [-0.3, -0.25) is 4.68 Å². The van der Waals surface area contributed by atoms with E-state index >= 15 is 0 Å². The lowest BCUT2D eigenvalue weighted by atomic mass is 9.97. The minimum Gasteiger partial charge on any atom is -0.459 e. The van der Waals surface area contributed by atoms with Crippen LogP contribution in [0.5, 0.6) is 0 Å². The standard InChI is InChI=1S/C14H15BrN2O3/c1-14(19,11-3-5-12(15)6-4-11)9-20-13(18)10-7-16-17(2)8-10/h3-8,19H,9H2,1-2H3/t14-/m1/s1. The largest absolute Gasteiger partial charge is 0.459 e. The van der Waals surface area contributed by atoms with Crippen LogP contribution in [0.25, 0.3) is 0 Å². The lowest BCUT2D eigenvalue weighted by molar-refractivity contribution is -0.0240. The number of esters is 1. The molecule has 0 aliphatic heterocycles. The molecule has 0 aliphatic carbocycles. The fourth-order valence-electron chi connectivity index (χ4n) is 1.71. The van der Waals surface area contributed by atoms with Crippen LogP contribution in [0.1, 0.15) is 22.8 Å². The predicted molar refractivity (Wildman–Crippen MR) is 77.2 cm³/mol. The van der Waals surface area contributed by atoms with Gasteiger partial charge in [0.1, 0.15) is 12.2 Å². The zero-order valence-corrected chi connectivity index (χ0v) is 12.8. The van der Waals surface area contributed by atoms with E-state index < -0.39 is 11.6 Å². The van der Waals surface area contributed by atoms with Crippen molar-refractivity contribution in [2.75, 3.05) is 6.61 Å². The van der Waals surface area contributed by atoms with E-state index in [0.29, 0.717) is 11.1 Å². The Kier molecular flexibility index (Phi) is 4.25. The molecule has 1 atom stereocenters.